The first-order valence-corrected chi connectivity index (χ1v) is 5.93. The smallest absolute Gasteiger partial charge is 0.295 e. The molecule has 0 aliphatic carbocycles. The molecule has 0 aromatic heterocycles. The van der Waals surface area contributed by atoms with Gasteiger partial charge in [-0.15, -0.1) is 0 Å². The first-order chi connectivity index (χ1) is 8.79. The van der Waals surface area contributed by atoms with Crippen molar-refractivity contribution < 1.29 is 19.3 Å². The van der Waals surface area contributed by atoms with E-state index in [2.05, 4.69) is 5.10 Å². The minimum absolute atomic E-state index is 0.0938. The van der Waals surface area contributed by atoms with Crippen molar-refractivity contribution in [2.75, 3.05) is 13.7 Å². The number of hydrogen-bond acceptors (Lipinski definition) is 4. The summed E-state index contributed by atoms with van der Waals surface area (Å²) in [6.45, 7) is 0.618. The molecule has 2 atom stereocenters. The lowest BCUT2D eigenvalue weighted by Gasteiger charge is -2.06. The summed E-state index contributed by atoms with van der Waals surface area (Å²) in [7, 11) is 1.62. The molecular formula is C13H14N2O3. The van der Waals surface area contributed by atoms with Crippen molar-refractivity contribution in [2.45, 2.75) is 12.6 Å². The molecule has 1 aromatic carbocycles. The average molecular weight is 246 g/mol. The Bertz CT molecular complexity index is 525. The second-order valence-corrected chi connectivity index (χ2v) is 4.35. The molecule has 1 saturated heterocycles. The van der Waals surface area contributed by atoms with Gasteiger partial charge in [0, 0.05) is 5.90 Å². The molecule has 3 rings (SSSR count). The first-order valence-electron chi connectivity index (χ1n) is 5.93. The molecule has 0 N–H and O–H groups in total. The summed E-state index contributed by atoms with van der Waals surface area (Å²) in [4.78, 5) is 0. The zero-order valence-electron chi connectivity index (χ0n) is 10.1. The van der Waals surface area contributed by atoms with Gasteiger partial charge in [0.1, 0.15) is 5.75 Å². The van der Waals surface area contributed by atoms with Crippen molar-refractivity contribution in [1.82, 2.24) is 0 Å². The highest BCUT2D eigenvalue weighted by Gasteiger charge is 2.43. The summed E-state index contributed by atoms with van der Waals surface area (Å²) in [5, 5.41) is 15.7. The van der Waals surface area contributed by atoms with E-state index in [9.17, 15) is 5.11 Å². The van der Waals surface area contributed by atoms with Crippen LogP contribution in [0.1, 0.15) is 12.0 Å². The van der Waals surface area contributed by atoms with Crippen LogP contribution in [-0.2, 0) is 4.74 Å². The number of hydrogen-bond donors (Lipinski definition) is 0. The van der Waals surface area contributed by atoms with E-state index in [-0.39, 0.29) is 18.0 Å². The second-order valence-electron chi connectivity index (χ2n) is 4.35. The van der Waals surface area contributed by atoms with Gasteiger partial charge in [0.15, 0.2) is 0 Å². The quantitative estimate of drug-likeness (QED) is 0.699. The summed E-state index contributed by atoms with van der Waals surface area (Å²) < 4.78 is 12.4. The van der Waals surface area contributed by atoms with Gasteiger partial charge in [-0.05, 0) is 23.7 Å². The van der Waals surface area contributed by atoms with E-state index >= 15 is 0 Å². The first kappa shape index (κ1) is 11.2. The monoisotopic (exact) mass is 246 g/mol. The zero-order valence-corrected chi connectivity index (χ0v) is 10.1. The summed E-state index contributed by atoms with van der Waals surface area (Å²) in [6.07, 6.45) is 2.30. The van der Waals surface area contributed by atoms with Gasteiger partial charge in [-0.25, -0.2) is 0 Å². The van der Waals surface area contributed by atoms with E-state index in [0.717, 1.165) is 17.7 Å². The third kappa shape index (κ3) is 1.76. The number of hydrazone groups is 1. The molecule has 0 amide bonds. The third-order valence-electron chi connectivity index (χ3n) is 3.26. The third-order valence-corrected chi connectivity index (χ3v) is 3.26. The maximum atomic E-state index is 11.7. The zero-order chi connectivity index (χ0) is 12.5. The molecule has 0 spiro atoms. The highest BCUT2D eigenvalue weighted by molar-refractivity contribution is 5.81. The number of benzene rings is 1. The number of nitrogens with zero attached hydrogens (tertiary/aromatic N) is 2. The Morgan fingerprint density at radius 3 is 3.17 bits per heavy atom. The van der Waals surface area contributed by atoms with Gasteiger partial charge in [0.25, 0.3) is 6.23 Å². The second kappa shape index (κ2) is 4.42. The van der Waals surface area contributed by atoms with Crippen LogP contribution in [0.25, 0.3) is 0 Å². The summed E-state index contributed by atoms with van der Waals surface area (Å²) in [5.41, 5.74) is 0.882. The number of methoxy groups -OCH3 is 1. The Morgan fingerprint density at radius 2 is 2.33 bits per heavy atom. The molecule has 0 saturated carbocycles. The maximum absolute atomic E-state index is 11.7. The Balaban J connectivity index is 1.97. The van der Waals surface area contributed by atoms with Crippen LogP contribution in [0.5, 0.6) is 5.75 Å². The van der Waals surface area contributed by atoms with Crippen LogP contribution in [0, 0.1) is 5.92 Å². The molecule has 94 valence electrons. The van der Waals surface area contributed by atoms with Crippen LogP contribution >= 0.6 is 0 Å². The van der Waals surface area contributed by atoms with E-state index in [4.69, 9.17) is 9.47 Å². The maximum Gasteiger partial charge on any atom is 0.295 e. The predicted octanol–water partition coefficient (Wildman–Crippen LogP) is 0.177. The minimum Gasteiger partial charge on any atom is -0.857 e. The Labute approximate surface area is 105 Å². The predicted molar refractivity (Wildman–Crippen MR) is 63.7 cm³/mol. The van der Waals surface area contributed by atoms with Crippen LogP contribution < -0.4 is 9.84 Å². The van der Waals surface area contributed by atoms with Gasteiger partial charge in [-0.2, -0.15) is 0 Å². The normalized spacial score (nSPS) is 28.3. The molecule has 5 nitrogen and oxygen atoms in total. The van der Waals surface area contributed by atoms with E-state index in [1.165, 1.54) is 0 Å². The molecule has 1 aromatic rings. The molecule has 1 fully saturated rings. The van der Waals surface area contributed by atoms with Gasteiger partial charge < -0.3 is 14.6 Å². The van der Waals surface area contributed by atoms with Crippen molar-refractivity contribution >= 4 is 12.1 Å². The molecule has 2 heterocycles. The fourth-order valence-corrected chi connectivity index (χ4v) is 2.34. The van der Waals surface area contributed by atoms with Crippen molar-refractivity contribution in [3.63, 3.8) is 0 Å². The average Bonchev–Trinajstić information content (AvgIpc) is 2.96. The van der Waals surface area contributed by atoms with Crippen molar-refractivity contribution in [3.05, 3.63) is 29.8 Å². The molecule has 5 heteroatoms. The van der Waals surface area contributed by atoms with Crippen LogP contribution in [0.3, 0.4) is 0 Å². The largest absolute Gasteiger partial charge is 0.857 e. The summed E-state index contributed by atoms with van der Waals surface area (Å²) in [5.74, 6) is 0.543. The van der Waals surface area contributed by atoms with E-state index in [1.807, 2.05) is 24.3 Å². The van der Waals surface area contributed by atoms with Gasteiger partial charge >= 0.3 is 0 Å². The van der Waals surface area contributed by atoms with Crippen LogP contribution in [0.4, 0.5) is 0 Å². The lowest BCUT2D eigenvalue weighted by Crippen LogP contribution is -2.29. The Kier molecular flexibility index (Phi) is 2.76. The summed E-state index contributed by atoms with van der Waals surface area (Å²) >= 11 is 0. The molecule has 0 bridgehead atoms. The molecule has 0 radical (unpaired) electrons. The van der Waals surface area contributed by atoms with Crippen LogP contribution in [0.15, 0.2) is 29.4 Å². The highest BCUT2D eigenvalue weighted by Crippen LogP contribution is 2.27. The molecule has 2 aliphatic heterocycles. The lowest BCUT2D eigenvalue weighted by atomic mass is 10.1. The number of ether oxygens (including phenoxy) is 2. The van der Waals surface area contributed by atoms with Crippen LogP contribution in [0.2, 0.25) is 0 Å². The number of rotatable bonds is 2. The van der Waals surface area contributed by atoms with Crippen LogP contribution in [-0.4, -0.2) is 36.7 Å². The van der Waals surface area contributed by atoms with Gasteiger partial charge in [0.05, 0.1) is 25.2 Å². The van der Waals surface area contributed by atoms with E-state index in [0.29, 0.717) is 6.61 Å². The molecule has 2 aliphatic rings. The summed E-state index contributed by atoms with van der Waals surface area (Å²) in [6, 6.07) is 7.61. The highest BCUT2D eigenvalue weighted by atomic mass is 16.5. The van der Waals surface area contributed by atoms with Gasteiger partial charge in [-0.3, -0.25) is 0 Å². The topological polar surface area (TPSA) is 56.9 Å². The van der Waals surface area contributed by atoms with E-state index in [1.54, 1.807) is 18.0 Å². The number of para-hydroxylation sites is 1. The standard InChI is InChI=1S/C13H14N2O3/c1-17-11-5-3-2-4-9(11)8-15-13-10(6-7-18-13)12(16)14-15/h2-5,8,10,13H,6-7H2,1H3/b15-8-/t10?,13-/m1/s1. The van der Waals surface area contributed by atoms with Crippen molar-refractivity contribution in [3.8, 4) is 5.75 Å². The van der Waals surface area contributed by atoms with Crippen molar-refractivity contribution in [2.24, 2.45) is 11.0 Å². The van der Waals surface area contributed by atoms with E-state index < -0.39 is 0 Å². The minimum atomic E-state index is -0.248. The molecular weight excluding hydrogens is 232 g/mol. The van der Waals surface area contributed by atoms with Crippen molar-refractivity contribution in [1.29, 1.82) is 0 Å². The molecule has 1 unspecified atom stereocenters. The fraction of sp³-hybridized carbons (Fsp3) is 0.385. The Morgan fingerprint density at radius 1 is 1.50 bits per heavy atom. The molecule has 18 heavy (non-hydrogen) atoms. The SMILES string of the molecule is COc1ccccc1/C=[N+]1\N=C([O-])C2CCO[C@H]21. The Hall–Kier alpha value is -1.88. The van der Waals surface area contributed by atoms with Gasteiger partial charge in [-0.1, -0.05) is 16.8 Å². The van der Waals surface area contributed by atoms with Gasteiger partial charge in [0.2, 0.25) is 6.21 Å². The number of fused-ring (bicyclic) bond motifs is 1. The fourth-order valence-electron chi connectivity index (χ4n) is 2.34. The lowest BCUT2D eigenvalue weighted by molar-refractivity contribution is -0.603.